The van der Waals surface area contributed by atoms with Crippen molar-refractivity contribution in [2.24, 2.45) is 0 Å². The van der Waals surface area contributed by atoms with Crippen LogP contribution in [0, 0.1) is 0 Å². The van der Waals surface area contributed by atoms with Crippen LogP contribution in [0.3, 0.4) is 0 Å². The molecule has 0 saturated heterocycles. The highest BCUT2D eigenvalue weighted by molar-refractivity contribution is 6.30. The summed E-state index contributed by atoms with van der Waals surface area (Å²) in [5, 5.41) is 0.733. The Labute approximate surface area is 117 Å². The molecule has 1 aliphatic carbocycles. The smallest absolute Gasteiger partial charge is 0.0997 e. The molecule has 1 aromatic carbocycles. The average molecular weight is 281 g/mol. The maximum atomic E-state index is 6.10. The zero-order chi connectivity index (χ0) is 12.5. The van der Waals surface area contributed by atoms with Crippen LogP contribution in [0.2, 0.25) is 5.02 Å². The summed E-state index contributed by atoms with van der Waals surface area (Å²) in [6, 6.07) is 5.84. The monoisotopic (exact) mass is 280 g/mol. The first-order chi connectivity index (χ1) is 8.79. The maximum Gasteiger partial charge on any atom is 0.0997 e. The molecule has 2 nitrogen and oxygen atoms in total. The van der Waals surface area contributed by atoms with Crippen molar-refractivity contribution in [1.82, 2.24) is 9.55 Å². The van der Waals surface area contributed by atoms with Crippen LogP contribution in [0.25, 0.3) is 5.69 Å². The Hall–Kier alpha value is -0.990. The summed E-state index contributed by atoms with van der Waals surface area (Å²) in [7, 11) is 0. The molecule has 0 unspecified atom stereocenters. The van der Waals surface area contributed by atoms with Crippen molar-refractivity contribution in [3.8, 4) is 5.69 Å². The standard InChI is InChI=1S/C14H14Cl2N2/c15-8-10-5-6-11(16)7-14(10)18-9-17-12-3-1-2-4-13(12)18/h5-7,9H,1-4,8H2. The van der Waals surface area contributed by atoms with Crippen molar-refractivity contribution < 1.29 is 0 Å². The van der Waals surface area contributed by atoms with Gasteiger partial charge in [-0.05, 0) is 43.4 Å². The molecule has 0 bridgehead atoms. The van der Waals surface area contributed by atoms with Gasteiger partial charge in [0.05, 0.1) is 17.7 Å². The second-order valence-corrected chi connectivity index (χ2v) is 5.33. The predicted molar refractivity (Wildman–Crippen MR) is 74.8 cm³/mol. The van der Waals surface area contributed by atoms with E-state index in [1.165, 1.54) is 24.2 Å². The Bertz CT molecular complexity index is 575. The van der Waals surface area contributed by atoms with E-state index in [-0.39, 0.29) is 0 Å². The van der Waals surface area contributed by atoms with E-state index in [0.29, 0.717) is 5.88 Å². The Balaban J connectivity index is 2.14. The molecule has 3 rings (SSSR count). The third-order valence-corrected chi connectivity index (χ3v) is 4.00. The number of hydrogen-bond donors (Lipinski definition) is 0. The van der Waals surface area contributed by atoms with Crippen LogP contribution in [0.4, 0.5) is 0 Å². The van der Waals surface area contributed by atoms with Crippen molar-refractivity contribution in [3.05, 3.63) is 46.5 Å². The topological polar surface area (TPSA) is 17.8 Å². The summed E-state index contributed by atoms with van der Waals surface area (Å²) < 4.78 is 2.15. The molecule has 94 valence electrons. The summed E-state index contributed by atoms with van der Waals surface area (Å²) >= 11 is 12.1. The van der Waals surface area contributed by atoms with Crippen LogP contribution < -0.4 is 0 Å². The van der Waals surface area contributed by atoms with Gasteiger partial charge in [-0.3, -0.25) is 0 Å². The van der Waals surface area contributed by atoms with E-state index in [9.17, 15) is 0 Å². The Morgan fingerprint density at radius 1 is 1.22 bits per heavy atom. The van der Waals surface area contributed by atoms with E-state index < -0.39 is 0 Å². The van der Waals surface area contributed by atoms with E-state index in [1.54, 1.807) is 0 Å². The molecular formula is C14H14Cl2N2. The number of aryl methyl sites for hydroxylation is 1. The quantitative estimate of drug-likeness (QED) is 0.756. The largest absolute Gasteiger partial charge is 0.303 e. The van der Waals surface area contributed by atoms with E-state index in [2.05, 4.69) is 9.55 Å². The molecule has 4 heteroatoms. The number of aromatic nitrogens is 2. The van der Waals surface area contributed by atoms with Crippen LogP contribution in [0.5, 0.6) is 0 Å². The van der Waals surface area contributed by atoms with Crippen molar-refractivity contribution in [2.45, 2.75) is 31.6 Å². The second-order valence-electron chi connectivity index (χ2n) is 4.62. The zero-order valence-corrected chi connectivity index (χ0v) is 11.5. The highest BCUT2D eigenvalue weighted by Crippen LogP contribution is 2.27. The fourth-order valence-corrected chi connectivity index (χ4v) is 2.94. The molecular weight excluding hydrogens is 267 g/mol. The molecule has 18 heavy (non-hydrogen) atoms. The highest BCUT2D eigenvalue weighted by Gasteiger charge is 2.17. The van der Waals surface area contributed by atoms with Crippen molar-refractivity contribution in [3.63, 3.8) is 0 Å². The normalized spacial score (nSPS) is 14.6. The molecule has 0 saturated carbocycles. The summed E-state index contributed by atoms with van der Waals surface area (Å²) in [5.74, 6) is 0.486. The molecule has 2 aromatic rings. The Morgan fingerprint density at radius 2 is 2.06 bits per heavy atom. The summed E-state index contributed by atoms with van der Waals surface area (Å²) in [5.41, 5.74) is 4.69. The fourth-order valence-electron chi connectivity index (χ4n) is 2.55. The minimum atomic E-state index is 0.486. The van der Waals surface area contributed by atoms with Gasteiger partial charge in [-0.1, -0.05) is 17.7 Å². The van der Waals surface area contributed by atoms with Crippen LogP contribution in [0.1, 0.15) is 29.8 Å². The lowest BCUT2D eigenvalue weighted by Crippen LogP contribution is -2.08. The lowest BCUT2D eigenvalue weighted by atomic mass is 10.0. The van der Waals surface area contributed by atoms with Crippen molar-refractivity contribution in [1.29, 1.82) is 0 Å². The van der Waals surface area contributed by atoms with Crippen LogP contribution in [-0.4, -0.2) is 9.55 Å². The van der Waals surface area contributed by atoms with Crippen LogP contribution >= 0.6 is 23.2 Å². The Morgan fingerprint density at radius 3 is 2.89 bits per heavy atom. The first kappa shape index (κ1) is 12.1. The van der Waals surface area contributed by atoms with Gasteiger partial charge in [0, 0.05) is 16.6 Å². The molecule has 0 atom stereocenters. The predicted octanol–water partition coefficient (Wildman–Crippen LogP) is 4.14. The number of alkyl halides is 1. The summed E-state index contributed by atoms with van der Waals surface area (Å²) in [4.78, 5) is 4.51. The van der Waals surface area contributed by atoms with Crippen LogP contribution in [0.15, 0.2) is 24.5 Å². The lowest BCUT2D eigenvalue weighted by molar-refractivity contribution is 0.655. The van der Waals surface area contributed by atoms with E-state index in [1.807, 2.05) is 24.5 Å². The highest BCUT2D eigenvalue weighted by atomic mass is 35.5. The van der Waals surface area contributed by atoms with E-state index >= 15 is 0 Å². The molecule has 0 amide bonds. The number of nitrogens with zero attached hydrogens (tertiary/aromatic N) is 2. The first-order valence-electron chi connectivity index (χ1n) is 6.19. The first-order valence-corrected chi connectivity index (χ1v) is 7.10. The number of rotatable bonds is 2. The van der Waals surface area contributed by atoms with Crippen molar-refractivity contribution in [2.75, 3.05) is 0 Å². The van der Waals surface area contributed by atoms with Crippen molar-refractivity contribution >= 4 is 23.2 Å². The van der Waals surface area contributed by atoms with E-state index in [0.717, 1.165) is 29.1 Å². The minimum Gasteiger partial charge on any atom is -0.303 e. The molecule has 0 radical (unpaired) electrons. The molecule has 0 spiro atoms. The summed E-state index contributed by atoms with van der Waals surface area (Å²) in [6.07, 6.45) is 6.54. The molecule has 0 fully saturated rings. The van der Waals surface area contributed by atoms with Gasteiger partial charge >= 0.3 is 0 Å². The number of imidazole rings is 1. The third-order valence-electron chi connectivity index (χ3n) is 3.48. The van der Waals surface area contributed by atoms with E-state index in [4.69, 9.17) is 23.2 Å². The average Bonchev–Trinajstić information content (AvgIpc) is 2.82. The van der Waals surface area contributed by atoms with Gasteiger partial charge in [-0.25, -0.2) is 4.98 Å². The van der Waals surface area contributed by atoms with Gasteiger partial charge < -0.3 is 4.57 Å². The van der Waals surface area contributed by atoms with Gasteiger partial charge in [0.25, 0.3) is 0 Å². The molecule has 0 N–H and O–H groups in total. The Kier molecular flexibility index (Phi) is 3.31. The van der Waals surface area contributed by atoms with Gasteiger partial charge in [-0.2, -0.15) is 0 Å². The molecule has 0 aliphatic heterocycles. The maximum absolute atomic E-state index is 6.10. The van der Waals surface area contributed by atoms with Gasteiger partial charge in [-0.15, -0.1) is 11.6 Å². The number of benzene rings is 1. The SMILES string of the molecule is ClCc1ccc(Cl)cc1-n1cnc2c1CCCC2. The second kappa shape index (κ2) is 4.94. The van der Waals surface area contributed by atoms with Gasteiger partial charge in [0.15, 0.2) is 0 Å². The molecule has 1 aromatic heterocycles. The summed E-state index contributed by atoms with van der Waals surface area (Å²) in [6.45, 7) is 0. The minimum absolute atomic E-state index is 0.486. The number of fused-ring (bicyclic) bond motifs is 1. The molecule has 1 heterocycles. The number of halogens is 2. The lowest BCUT2D eigenvalue weighted by Gasteiger charge is -2.16. The third kappa shape index (κ3) is 2.04. The molecule has 1 aliphatic rings. The van der Waals surface area contributed by atoms with Gasteiger partial charge in [0.1, 0.15) is 0 Å². The van der Waals surface area contributed by atoms with Gasteiger partial charge in [0.2, 0.25) is 0 Å². The number of hydrogen-bond acceptors (Lipinski definition) is 1. The fraction of sp³-hybridized carbons (Fsp3) is 0.357. The van der Waals surface area contributed by atoms with Crippen LogP contribution in [-0.2, 0) is 18.7 Å². The zero-order valence-electron chi connectivity index (χ0n) is 10.00.